The standard InChI is InChI=1S/C4H9NO3/c1-2-3(5)4(6)8-7/h3,7H,2,5H2,1H3. The number of rotatable bonds is 2. The minimum absolute atomic E-state index is 0.472. The van der Waals surface area contributed by atoms with Crippen molar-refractivity contribution >= 4 is 5.97 Å². The van der Waals surface area contributed by atoms with Gasteiger partial charge in [-0.3, -0.25) is 4.89 Å². The minimum Gasteiger partial charge on any atom is -0.318 e. The lowest BCUT2D eigenvalue weighted by atomic mass is 10.2. The number of hydrogen-bond acceptors (Lipinski definition) is 4. The number of carbonyl (C=O) groups is 1. The van der Waals surface area contributed by atoms with Gasteiger partial charge in [-0.25, -0.2) is 4.79 Å². The molecular formula is C4H9NO3. The second-order valence-corrected chi connectivity index (χ2v) is 1.43. The molecule has 0 spiro atoms. The maximum Gasteiger partial charge on any atom is 0.358 e. The molecular weight excluding hydrogens is 110 g/mol. The average molecular weight is 119 g/mol. The van der Waals surface area contributed by atoms with Crippen LogP contribution in [0.2, 0.25) is 0 Å². The summed E-state index contributed by atoms with van der Waals surface area (Å²) in [6.07, 6.45) is 0.472. The maximum atomic E-state index is 10.1. The molecule has 0 aliphatic rings. The van der Waals surface area contributed by atoms with E-state index in [0.29, 0.717) is 6.42 Å². The highest BCUT2D eigenvalue weighted by atomic mass is 17.1. The second kappa shape index (κ2) is 3.40. The molecule has 0 bridgehead atoms. The van der Waals surface area contributed by atoms with Crippen LogP contribution in [0, 0.1) is 0 Å². The zero-order valence-electron chi connectivity index (χ0n) is 4.63. The second-order valence-electron chi connectivity index (χ2n) is 1.43. The van der Waals surface area contributed by atoms with Crippen molar-refractivity contribution in [3.05, 3.63) is 0 Å². The van der Waals surface area contributed by atoms with Gasteiger partial charge in [0, 0.05) is 0 Å². The summed E-state index contributed by atoms with van der Waals surface area (Å²) in [5.41, 5.74) is 5.09. The summed E-state index contributed by atoms with van der Waals surface area (Å²) >= 11 is 0. The molecule has 3 N–H and O–H groups in total. The van der Waals surface area contributed by atoms with Crippen LogP contribution in [0.4, 0.5) is 0 Å². The smallest absolute Gasteiger partial charge is 0.318 e. The molecule has 0 aliphatic heterocycles. The van der Waals surface area contributed by atoms with Gasteiger partial charge in [0.1, 0.15) is 6.04 Å². The molecule has 0 aromatic rings. The van der Waals surface area contributed by atoms with Gasteiger partial charge in [0.2, 0.25) is 0 Å². The van der Waals surface area contributed by atoms with Crippen LogP contribution in [0.3, 0.4) is 0 Å². The average Bonchev–Trinajstić information content (AvgIpc) is 1.84. The number of carbonyl (C=O) groups excluding carboxylic acids is 1. The van der Waals surface area contributed by atoms with Crippen LogP contribution in [0.1, 0.15) is 13.3 Å². The summed E-state index contributed by atoms with van der Waals surface area (Å²) in [5, 5.41) is 7.71. The third-order valence-corrected chi connectivity index (χ3v) is 0.833. The maximum absolute atomic E-state index is 10.1. The molecule has 1 atom stereocenters. The summed E-state index contributed by atoms with van der Waals surface area (Å²) in [5.74, 6) is -0.785. The fraction of sp³-hybridized carbons (Fsp3) is 0.750. The Kier molecular flexibility index (Phi) is 3.14. The van der Waals surface area contributed by atoms with Gasteiger partial charge >= 0.3 is 5.97 Å². The minimum atomic E-state index is -0.785. The van der Waals surface area contributed by atoms with E-state index in [1.165, 1.54) is 0 Å². The summed E-state index contributed by atoms with van der Waals surface area (Å²) in [7, 11) is 0. The predicted molar refractivity (Wildman–Crippen MR) is 27.0 cm³/mol. The molecule has 0 radical (unpaired) electrons. The van der Waals surface area contributed by atoms with Crippen molar-refractivity contribution in [2.24, 2.45) is 5.73 Å². The normalized spacial score (nSPS) is 12.9. The van der Waals surface area contributed by atoms with Crippen molar-refractivity contribution in [1.29, 1.82) is 0 Å². The van der Waals surface area contributed by atoms with Crippen LogP contribution < -0.4 is 5.73 Å². The van der Waals surface area contributed by atoms with Gasteiger partial charge in [0.25, 0.3) is 0 Å². The predicted octanol–water partition coefficient (Wildman–Crippen LogP) is -0.260. The Morgan fingerprint density at radius 3 is 2.62 bits per heavy atom. The molecule has 0 aromatic heterocycles. The van der Waals surface area contributed by atoms with Gasteiger partial charge in [0.15, 0.2) is 0 Å². The molecule has 0 fully saturated rings. The lowest BCUT2D eigenvalue weighted by Gasteiger charge is -2.00. The Balaban J connectivity index is 3.46. The van der Waals surface area contributed by atoms with Gasteiger partial charge in [-0.1, -0.05) is 6.92 Å². The molecule has 0 aromatic carbocycles. The molecule has 0 saturated carbocycles. The van der Waals surface area contributed by atoms with Crippen molar-refractivity contribution in [1.82, 2.24) is 0 Å². The van der Waals surface area contributed by atoms with E-state index < -0.39 is 12.0 Å². The first kappa shape index (κ1) is 7.39. The van der Waals surface area contributed by atoms with E-state index in [4.69, 9.17) is 11.0 Å². The van der Waals surface area contributed by atoms with Crippen LogP contribution in [0.15, 0.2) is 0 Å². The topological polar surface area (TPSA) is 72.6 Å². The Bertz CT molecular complexity index is 83.4. The van der Waals surface area contributed by atoms with Crippen molar-refractivity contribution in [3.8, 4) is 0 Å². The van der Waals surface area contributed by atoms with Crippen molar-refractivity contribution in [3.63, 3.8) is 0 Å². The number of hydrogen-bond donors (Lipinski definition) is 2. The number of nitrogens with two attached hydrogens (primary N) is 1. The van der Waals surface area contributed by atoms with E-state index >= 15 is 0 Å². The molecule has 0 amide bonds. The monoisotopic (exact) mass is 119 g/mol. The zero-order chi connectivity index (χ0) is 6.57. The first-order chi connectivity index (χ1) is 3.72. The van der Waals surface area contributed by atoms with Crippen LogP contribution in [-0.2, 0) is 9.68 Å². The highest BCUT2D eigenvalue weighted by Crippen LogP contribution is 1.86. The molecule has 8 heavy (non-hydrogen) atoms. The van der Waals surface area contributed by atoms with Crippen LogP contribution >= 0.6 is 0 Å². The first-order valence-electron chi connectivity index (χ1n) is 2.33. The largest absolute Gasteiger partial charge is 0.358 e. The molecule has 0 rings (SSSR count). The SMILES string of the molecule is CCC(N)C(=O)OO. The molecule has 0 aliphatic carbocycles. The van der Waals surface area contributed by atoms with E-state index in [1.54, 1.807) is 6.92 Å². The highest BCUT2D eigenvalue weighted by Gasteiger charge is 2.10. The van der Waals surface area contributed by atoms with Gasteiger partial charge in [-0.2, -0.15) is 5.26 Å². The third kappa shape index (κ3) is 1.90. The van der Waals surface area contributed by atoms with Gasteiger partial charge < -0.3 is 5.73 Å². The lowest BCUT2D eigenvalue weighted by Crippen LogP contribution is -2.30. The van der Waals surface area contributed by atoms with E-state index in [0.717, 1.165) is 0 Å². The molecule has 1 unspecified atom stereocenters. The van der Waals surface area contributed by atoms with Crippen molar-refractivity contribution in [2.75, 3.05) is 0 Å². The van der Waals surface area contributed by atoms with Gasteiger partial charge in [0.05, 0.1) is 0 Å². The lowest BCUT2D eigenvalue weighted by molar-refractivity contribution is -0.235. The molecule has 4 nitrogen and oxygen atoms in total. The Morgan fingerprint density at radius 2 is 2.50 bits per heavy atom. The zero-order valence-corrected chi connectivity index (χ0v) is 4.63. The summed E-state index contributed by atoms with van der Waals surface area (Å²) in [4.78, 5) is 13.5. The van der Waals surface area contributed by atoms with Crippen molar-refractivity contribution < 1.29 is 14.9 Å². The highest BCUT2D eigenvalue weighted by molar-refractivity contribution is 5.74. The summed E-state index contributed by atoms with van der Waals surface area (Å²) in [6, 6.07) is -0.694. The van der Waals surface area contributed by atoms with Crippen LogP contribution in [-0.4, -0.2) is 17.3 Å². The molecule has 0 saturated heterocycles. The van der Waals surface area contributed by atoms with E-state index in [2.05, 4.69) is 4.89 Å². The fourth-order valence-corrected chi connectivity index (χ4v) is 0.234. The van der Waals surface area contributed by atoms with E-state index in [1.807, 2.05) is 0 Å². The summed E-state index contributed by atoms with van der Waals surface area (Å²) < 4.78 is 0. The van der Waals surface area contributed by atoms with Crippen molar-refractivity contribution in [2.45, 2.75) is 19.4 Å². The van der Waals surface area contributed by atoms with E-state index in [9.17, 15) is 4.79 Å². The van der Waals surface area contributed by atoms with Gasteiger partial charge in [-0.05, 0) is 6.42 Å². The van der Waals surface area contributed by atoms with Crippen LogP contribution in [0.5, 0.6) is 0 Å². The quantitative estimate of drug-likeness (QED) is 0.388. The molecule has 48 valence electrons. The molecule has 4 heteroatoms. The Hall–Kier alpha value is -0.610. The first-order valence-corrected chi connectivity index (χ1v) is 2.33. The van der Waals surface area contributed by atoms with Crippen LogP contribution in [0.25, 0.3) is 0 Å². The third-order valence-electron chi connectivity index (χ3n) is 0.833. The fourth-order valence-electron chi connectivity index (χ4n) is 0.234. The van der Waals surface area contributed by atoms with E-state index in [-0.39, 0.29) is 0 Å². The Labute approximate surface area is 47.2 Å². The van der Waals surface area contributed by atoms with Gasteiger partial charge in [-0.15, -0.1) is 0 Å². The summed E-state index contributed by atoms with van der Waals surface area (Å²) in [6.45, 7) is 1.72. The molecule has 0 heterocycles. The Morgan fingerprint density at radius 1 is 2.00 bits per heavy atom.